The van der Waals surface area contributed by atoms with Crippen molar-refractivity contribution in [2.75, 3.05) is 13.1 Å². The zero-order chi connectivity index (χ0) is 26.7. The number of fused-ring (bicyclic) bond motifs is 1. The number of amides is 1. The van der Waals surface area contributed by atoms with Gasteiger partial charge in [-0.25, -0.2) is 0 Å². The number of aromatic nitrogens is 2. The number of nitrogens with two attached hydrogens (primary N) is 1. The molecule has 37 heavy (non-hydrogen) atoms. The maximum absolute atomic E-state index is 13.1. The number of benzene rings is 2. The molecule has 0 saturated carbocycles. The van der Waals surface area contributed by atoms with E-state index in [1.807, 2.05) is 26.0 Å². The minimum atomic E-state index is -4.75. The predicted molar refractivity (Wildman–Crippen MR) is 130 cm³/mol. The van der Waals surface area contributed by atoms with Crippen molar-refractivity contribution < 1.29 is 27.2 Å². The van der Waals surface area contributed by atoms with Crippen molar-refractivity contribution >= 4 is 5.91 Å². The molecule has 1 aliphatic heterocycles. The second-order valence-corrected chi connectivity index (χ2v) is 8.99. The third-order valence-electron chi connectivity index (χ3n) is 6.20. The molecule has 1 amide bonds. The summed E-state index contributed by atoms with van der Waals surface area (Å²) in [6.45, 7) is 9.79. The van der Waals surface area contributed by atoms with E-state index in [0.29, 0.717) is 49.0 Å². The summed E-state index contributed by atoms with van der Waals surface area (Å²) in [6, 6.07) is 9.33. The molecule has 1 atom stereocenters. The molecule has 0 fully saturated rings. The van der Waals surface area contributed by atoms with Crippen molar-refractivity contribution in [2.45, 2.75) is 45.9 Å². The van der Waals surface area contributed by atoms with Crippen LogP contribution in [0.5, 0.6) is 5.75 Å². The Balaban J connectivity index is 1.48. The molecule has 2 heterocycles. The van der Waals surface area contributed by atoms with E-state index < -0.39 is 6.36 Å². The van der Waals surface area contributed by atoms with Gasteiger partial charge in [0.1, 0.15) is 5.75 Å². The van der Waals surface area contributed by atoms with Gasteiger partial charge in [0.25, 0.3) is 5.91 Å². The van der Waals surface area contributed by atoms with Crippen molar-refractivity contribution in [1.82, 2.24) is 19.9 Å². The summed E-state index contributed by atoms with van der Waals surface area (Å²) in [7, 11) is 0. The number of hydrogen-bond donors (Lipinski definition) is 1. The highest BCUT2D eigenvalue weighted by atomic mass is 19.4. The van der Waals surface area contributed by atoms with Crippen molar-refractivity contribution in [1.29, 1.82) is 0 Å². The number of alkyl halides is 3. The van der Waals surface area contributed by atoms with Crippen LogP contribution in [-0.2, 0) is 19.6 Å². The molecule has 0 radical (unpaired) electrons. The van der Waals surface area contributed by atoms with Gasteiger partial charge in [-0.15, -0.1) is 19.8 Å². The standard InChI is InChI=1S/C26H28F3N5O3/c1-4-9-33(17(3)12-30)15-22-31-24(32-37-22)19-10-16(2)23-20(11-19)14-34(25(23)35)13-18-5-7-21(8-6-18)36-26(27,28)29/h4-8,10-11,17H,1,9,12-15,30H2,2-3H3. The molecular weight excluding hydrogens is 487 g/mol. The third-order valence-corrected chi connectivity index (χ3v) is 6.20. The molecule has 0 spiro atoms. The van der Waals surface area contributed by atoms with Crippen molar-refractivity contribution in [3.8, 4) is 17.1 Å². The van der Waals surface area contributed by atoms with Crippen LogP contribution < -0.4 is 10.5 Å². The number of halogens is 3. The summed E-state index contributed by atoms with van der Waals surface area (Å²) in [4.78, 5) is 21.3. The van der Waals surface area contributed by atoms with Crippen LogP contribution in [0.15, 0.2) is 53.6 Å². The molecule has 0 saturated heterocycles. The van der Waals surface area contributed by atoms with Gasteiger partial charge >= 0.3 is 6.36 Å². The Morgan fingerprint density at radius 1 is 1.30 bits per heavy atom. The van der Waals surface area contributed by atoms with Crippen LogP contribution in [-0.4, -0.2) is 51.3 Å². The zero-order valence-corrected chi connectivity index (χ0v) is 20.6. The summed E-state index contributed by atoms with van der Waals surface area (Å²) in [5.41, 5.74) is 9.44. The first-order valence-corrected chi connectivity index (χ1v) is 11.7. The molecule has 2 N–H and O–H groups in total. The Labute approximate surface area is 212 Å². The smallest absolute Gasteiger partial charge is 0.406 e. The molecule has 3 aromatic rings. The fourth-order valence-corrected chi connectivity index (χ4v) is 4.33. The van der Waals surface area contributed by atoms with Gasteiger partial charge in [-0.05, 0) is 54.8 Å². The highest BCUT2D eigenvalue weighted by Crippen LogP contribution is 2.32. The number of carbonyl (C=O) groups is 1. The van der Waals surface area contributed by atoms with E-state index in [1.165, 1.54) is 24.3 Å². The van der Waals surface area contributed by atoms with Crippen LogP contribution in [0.3, 0.4) is 0 Å². The van der Waals surface area contributed by atoms with Crippen molar-refractivity contribution in [3.63, 3.8) is 0 Å². The quantitative estimate of drug-likeness (QED) is 0.399. The summed E-state index contributed by atoms with van der Waals surface area (Å²) in [5, 5.41) is 4.13. The lowest BCUT2D eigenvalue weighted by molar-refractivity contribution is -0.274. The molecule has 1 aromatic heterocycles. The zero-order valence-electron chi connectivity index (χ0n) is 20.6. The van der Waals surface area contributed by atoms with Gasteiger partial charge < -0.3 is 19.9 Å². The molecular formula is C26H28F3N5O3. The van der Waals surface area contributed by atoms with Gasteiger partial charge in [-0.3, -0.25) is 9.69 Å². The van der Waals surface area contributed by atoms with E-state index >= 15 is 0 Å². The molecule has 0 bridgehead atoms. The summed E-state index contributed by atoms with van der Waals surface area (Å²) in [6.07, 6.45) is -2.96. The Morgan fingerprint density at radius 3 is 2.68 bits per heavy atom. The molecule has 11 heteroatoms. The Morgan fingerprint density at radius 2 is 2.03 bits per heavy atom. The second kappa shape index (κ2) is 10.7. The van der Waals surface area contributed by atoms with Crippen molar-refractivity contribution in [3.05, 3.63) is 77.2 Å². The van der Waals surface area contributed by atoms with Gasteiger partial charge in [-0.2, -0.15) is 4.98 Å². The van der Waals surface area contributed by atoms with Crippen LogP contribution in [0.1, 0.15) is 39.9 Å². The molecule has 8 nitrogen and oxygen atoms in total. The van der Waals surface area contributed by atoms with Gasteiger partial charge in [-0.1, -0.05) is 23.4 Å². The average molecular weight is 516 g/mol. The van der Waals surface area contributed by atoms with E-state index in [9.17, 15) is 18.0 Å². The predicted octanol–water partition coefficient (Wildman–Crippen LogP) is 4.43. The maximum atomic E-state index is 13.1. The normalized spacial score (nSPS) is 14.2. The molecule has 1 unspecified atom stereocenters. The third kappa shape index (κ3) is 6.17. The molecule has 1 aliphatic rings. The van der Waals surface area contributed by atoms with E-state index in [4.69, 9.17) is 10.3 Å². The topological polar surface area (TPSA) is 97.7 Å². The molecule has 2 aromatic carbocycles. The van der Waals surface area contributed by atoms with Gasteiger partial charge in [0.2, 0.25) is 11.7 Å². The average Bonchev–Trinajstić information content (AvgIpc) is 3.43. The molecule has 196 valence electrons. The lowest BCUT2D eigenvalue weighted by Gasteiger charge is -2.24. The summed E-state index contributed by atoms with van der Waals surface area (Å²) < 4.78 is 46.6. The lowest BCUT2D eigenvalue weighted by atomic mass is 10.00. The SMILES string of the molecule is C=CCN(Cc1nc(-c2cc(C)c3c(c2)CN(Cc2ccc(OC(F)(F)F)cc2)C3=O)no1)C(C)CN. The minimum absolute atomic E-state index is 0.112. The first-order chi connectivity index (χ1) is 17.6. The van der Waals surface area contributed by atoms with E-state index in [2.05, 4.69) is 26.4 Å². The van der Waals surface area contributed by atoms with E-state index in [1.54, 1.807) is 11.0 Å². The number of carbonyl (C=O) groups excluding carboxylic acids is 1. The summed E-state index contributed by atoms with van der Waals surface area (Å²) >= 11 is 0. The monoisotopic (exact) mass is 515 g/mol. The Bertz CT molecular complexity index is 1270. The number of ether oxygens (including phenoxy) is 1. The lowest BCUT2D eigenvalue weighted by Crippen LogP contribution is -2.38. The fraction of sp³-hybridized carbons (Fsp3) is 0.346. The second-order valence-electron chi connectivity index (χ2n) is 8.99. The van der Waals surface area contributed by atoms with Crippen LogP contribution >= 0.6 is 0 Å². The maximum Gasteiger partial charge on any atom is 0.573 e. The van der Waals surface area contributed by atoms with Crippen LogP contribution in [0.4, 0.5) is 13.2 Å². The number of hydrogen-bond acceptors (Lipinski definition) is 7. The van der Waals surface area contributed by atoms with Gasteiger partial charge in [0.05, 0.1) is 6.54 Å². The molecule has 4 rings (SSSR count). The van der Waals surface area contributed by atoms with E-state index in [-0.39, 0.29) is 24.2 Å². The van der Waals surface area contributed by atoms with Gasteiger partial charge in [0.15, 0.2) is 0 Å². The highest BCUT2D eigenvalue weighted by Gasteiger charge is 2.32. The van der Waals surface area contributed by atoms with Crippen molar-refractivity contribution in [2.24, 2.45) is 5.73 Å². The number of rotatable bonds is 10. The largest absolute Gasteiger partial charge is 0.573 e. The van der Waals surface area contributed by atoms with Crippen LogP contribution in [0.25, 0.3) is 11.4 Å². The van der Waals surface area contributed by atoms with Gasteiger partial charge in [0, 0.05) is 43.3 Å². The van der Waals surface area contributed by atoms with Crippen LogP contribution in [0.2, 0.25) is 0 Å². The minimum Gasteiger partial charge on any atom is -0.406 e. The Hall–Kier alpha value is -3.70. The summed E-state index contributed by atoms with van der Waals surface area (Å²) in [5.74, 6) is 0.425. The first kappa shape index (κ1) is 26.4. The van der Waals surface area contributed by atoms with Crippen LogP contribution in [0, 0.1) is 6.92 Å². The fourth-order valence-electron chi connectivity index (χ4n) is 4.33. The first-order valence-electron chi connectivity index (χ1n) is 11.7. The number of nitrogens with zero attached hydrogens (tertiary/aromatic N) is 4. The highest BCUT2D eigenvalue weighted by molar-refractivity contribution is 6.00. The van der Waals surface area contributed by atoms with E-state index in [0.717, 1.165) is 16.7 Å². The Kier molecular flexibility index (Phi) is 7.65. The molecule has 0 aliphatic carbocycles. The number of aryl methyl sites for hydroxylation is 1.